The monoisotopic (exact) mass is 527 g/mol. The number of nitrogens with zero attached hydrogens (tertiary/aromatic N) is 3. The van der Waals surface area contributed by atoms with Gasteiger partial charge in [0.2, 0.25) is 11.8 Å². The number of nitrogens with one attached hydrogen (secondary N) is 2. The molecule has 1 aliphatic rings. The molecule has 0 radical (unpaired) electrons. The summed E-state index contributed by atoms with van der Waals surface area (Å²) < 4.78 is 38.4. The molecule has 196 valence electrons. The molecule has 4 rings (SSSR count). The van der Waals surface area contributed by atoms with Gasteiger partial charge in [0.25, 0.3) is 21.5 Å². The third-order valence-electron chi connectivity index (χ3n) is 6.26. The fourth-order valence-corrected chi connectivity index (χ4v) is 5.70. The number of sulfonamides is 1. The largest absolute Gasteiger partial charge is 0.481 e. The molecule has 1 amide bonds. The smallest absolute Gasteiger partial charge is 0.269 e. The molecule has 0 unspecified atom stereocenters. The Balaban J connectivity index is 1.82. The summed E-state index contributed by atoms with van der Waals surface area (Å²) in [6.07, 6.45) is 2.16. The van der Waals surface area contributed by atoms with Gasteiger partial charge >= 0.3 is 0 Å². The van der Waals surface area contributed by atoms with Crippen LogP contribution in [-0.2, 0) is 10.0 Å². The van der Waals surface area contributed by atoms with E-state index in [0.29, 0.717) is 35.4 Å². The number of aromatic nitrogens is 3. The van der Waals surface area contributed by atoms with Crippen molar-refractivity contribution in [3.63, 3.8) is 0 Å². The molecular weight excluding hydrogens is 498 g/mol. The summed E-state index contributed by atoms with van der Waals surface area (Å²) >= 11 is 0. The van der Waals surface area contributed by atoms with Crippen LogP contribution in [0.15, 0.2) is 52.3 Å². The third kappa shape index (κ3) is 5.15. The molecule has 0 aliphatic carbocycles. The lowest BCUT2D eigenvalue weighted by Gasteiger charge is -2.34. The highest BCUT2D eigenvalue weighted by Crippen LogP contribution is 2.39. The summed E-state index contributed by atoms with van der Waals surface area (Å²) in [5.74, 6) is 0.398. The first-order valence-electron chi connectivity index (χ1n) is 11.6. The minimum Gasteiger partial charge on any atom is -0.481 e. The first-order valence-corrected chi connectivity index (χ1v) is 13.1. The maximum absolute atomic E-state index is 13.3. The summed E-state index contributed by atoms with van der Waals surface area (Å²) in [7, 11) is -1.45. The Morgan fingerprint density at radius 1 is 1.14 bits per heavy atom. The average molecular weight is 528 g/mol. The van der Waals surface area contributed by atoms with E-state index in [4.69, 9.17) is 14.5 Å². The SMILES string of the molecule is COc1ccc(-c2ccc(C(=O)NS(=O)(=O)c3ccc[nH]c3=O)c(N3C[C@@H](C)CC3(C)C)n2)c(OC)n1. The summed E-state index contributed by atoms with van der Waals surface area (Å²) in [5, 5.41) is 0. The molecule has 4 heterocycles. The summed E-state index contributed by atoms with van der Waals surface area (Å²) in [6, 6.07) is 9.03. The molecule has 3 aromatic heterocycles. The number of rotatable bonds is 7. The van der Waals surface area contributed by atoms with Crippen molar-refractivity contribution < 1.29 is 22.7 Å². The fourth-order valence-electron chi connectivity index (χ4n) is 4.68. The minimum atomic E-state index is -4.43. The van der Waals surface area contributed by atoms with Gasteiger partial charge < -0.3 is 19.4 Å². The minimum absolute atomic E-state index is 0.0577. The Morgan fingerprint density at radius 2 is 1.89 bits per heavy atom. The quantitative estimate of drug-likeness (QED) is 0.474. The van der Waals surface area contributed by atoms with E-state index in [1.54, 1.807) is 18.2 Å². The number of hydrogen-bond donors (Lipinski definition) is 2. The molecule has 37 heavy (non-hydrogen) atoms. The second-order valence-corrected chi connectivity index (χ2v) is 11.2. The van der Waals surface area contributed by atoms with E-state index in [0.717, 1.165) is 12.5 Å². The number of ether oxygens (including phenoxy) is 2. The Kier molecular flexibility index (Phi) is 6.96. The van der Waals surface area contributed by atoms with Gasteiger partial charge in [-0.3, -0.25) is 9.59 Å². The van der Waals surface area contributed by atoms with Gasteiger partial charge in [0.05, 0.1) is 31.0 Å². The van der Waals surface area contributed by atoms with Crippen molar-refractivity contribution in [2.75, 3.05) is 25.7 Å². The van der Waals surface area contributed by atoms with Crippen molar-refractivity contribution in [2.24, 2.45) is 5.92 Å². The van der Waals surface area contributed by atoms with Crippen LogP contribution in [0.5, 0.6) is 11.8 Å². The first-order chi connectivity index (χ1) is 17.5. The summed E-state index contributed by atoms with van der Waals surface area (Å²) in [5.41, 5.74) is -0.0636. The van der Waals surface area contributed by atoms with Crippen molar-refractivity contribution in [3.05, 3.63) is 58.5 Å². The predicted octanol–water partition coefficient (Wildman–Crippen LogP) is 2.59. The third-order valence-corrected chi connectivity index (χ3v) is 7.61. The second-order valence-electron chi connectivity index (χ2n) is 9.51. The van der Waals surface area contributed by atoms with Crippen molar-refractivity contribution >= 4 is 21.7 Å². The Hall–Kier alpha value is -3.93. The first kappa shape index (κ1) is 26.1. The van der Waals surface area contributed by atoms with Crippen LogP contribution in [0.1, 0.15) is 37.6 Å². The van der Waals surface area contributed by atoms with Gasteiger partial charge in [-0.1, -0.05) is 6.92 Å². The van der Waals surface area contributed by atoms with E-state index in [-0.39, 0.29) is 17.0 Å². The zero-order valence-corrected chi connectivity index (χ0v) is 22.0. The number of hydrogen-bond acceptors (Lipinski definition) is 9. The van der Waals surface area contributed by atoms with Crippen molar-refractivity contribution in [2.45, 2.75) is 37.6 Å². The van der Waals surface area contributed by atoms with Gasteiger partial charge in [-0.2, -0.15) is 4.98 Å². The molecule has 1 aliphatic heterocycles. The molecule has 1 saturated heterocycles. The van der Waals surface area contributed by atoms with Crippen molar-refractivity contribution in [1.29, 1.82) is 0 Å². The highest BCUT2D eigenvalue weighted by atomic mass is 32.2. The molecule has 1 atom stereocenters. The van der Waals surface area contributed by atoms with E-state index in [1.165, 1.54) is 32.5 Å². The average Bonchev–Trinajstić information content (AvgIpc) is 3.14. The number of aromatic amines is 1. The van der Waals surface area contributed by atoms with Crippen LogP contribution >= 0.6 is 0 Å². The van der Waals surface area contributed by atoms with Gasteiger partial charge in [-0.05, 0) is 56.5 Å². The second kappa shape index (κ2) is 9.85. The van der Waals surface area contributed by atoms with E-state index >= 15 is 0 Å². The highest BCUT2D eigenvalue weighted by molar-refractivity contribution is 7.90. The van der Waals surface area contributed by atoms with Crippen LogP contribution < -0.4 is 24.7 Å². The van der Waals surface area contributed by atoms with Crippen LogP contribution in [0.3, 0.4) is 0 Å². The fraction of sp³-hybridized carbons (Fsp3) is 0.360. The van der Waals surface area contributed by atoms with Gasteiger partial charge in [-0.25, -0.2) is 18.1 Å². The van der Waals surface area contributed by atoms with Gasteiger partial charge in [0, 0.05) is 24.3 Å². The molecule has 12 heteroatoms. The summed E-state index contributed by atoms with van der Waals surface area (Å²) in [4.78, 5) is 38.3. The maximum atomic E-state index is 13.3. The molecule has 3 aromatic rings. The van der Waals surface area contributed by atoms with Crippen LogP contribution in [0.25, 0.3) is 11.3 Å². The number of anilines is 1. The van der Waals surface area contributed by atoms with Crippen LogP contribution in [0.4, 0.5) is 5.82 Å². The van der Waals surface area contributed by atoms with Crippen LogP contribution in [0, 0.1) is 5.92 Å². The molecule has 0 aromatic carbocycles. The van der Waals surface area contributed by atoms with E-state index in [2.05, 4.69) is 16.9 Å². The van der Waals surface area contributed by atoms with Crippen LogP contribution in [0.2, 0.25) is 0 Å². The van der Waals surface area contributed by atoms with Crippen LogP contribution in [-0.4, -0.2) is 55.6 Å². The Bertz CT molecular complexity index is 1500. The molecule has 0 saturated carbocycles. The van der Waals surface area contributed by atoms with Gasteiger partial charge in [0.1, 0.15) is 5.82 Å². The standard InChI is InChI=1S/C25H29N5O6S/c1-15-13-25(2,3)30(14-15)21-17(22(31)29-37(33,34)19-7-6-12-26-23(19)32)8-10-18(27-21)16-9-11-20(35-4)28-24(16)36-5/h6-12,15H,13-14H2,1-5H3,(H,26,32)(H,29,31)/t15-/m0/s1. The normalized spacial score (nSPS) is 16.9. The number of carbonyl (C=O) groups is 1. The number of H-pyrrole nitrogens is 1. The predicted molar refractivity (Wildman–Crippen MR) is 137 cm³/mol. The van der Waals surface area contributed by atoms with E-state index in [1.807, 2.05) is 23.5 Å². The number of amides is 1. The number of pyridine rings is 3. The van der Waals surface area contributed by atoms with Gasteiger partial charge in [-0.15, -0.1) is 0 Å². The summed E-state index contributed by atoms with van der Waals surface area (Å²) in [6.45, 7) is 6.81. The Morgan fingerprint density at radius 3 is 2.51 bits per heavy atom. The molecular formula is C25H29N5O6S. The lowest BCUT2D eigenvalue weighted by atomic mass is 9.97. The van der Waals surface area contributed by atoms with Gasteiger partial charge in [0.15, 0.2) is 4.90 Å². The zero-order chi connectivity index (χ0) is 27.0. The van der Waals surface area contributed by atoms with Crippen molar-refractivity contribution in [3.8, 4) is 23.0 Å². The number of carbonyl (C=O) groups excluding carboxylic acids is 1. The lowest BCUT2D eigenvalue weighted by Crippen LogP contribution is -2.41. The van der Waals surface area contributed by atoms with E-state index < -0.39 is 26.4 Å². The van der Waals surface area contributed by atoms with Crippen molar-refractivity contribution in [1.82, 2.24) is 19.7 Å². The number of methoxy groups -OCH3 is 2. The molecule has 0 bridgehead atoms. The van der Waals surface area contributed by atoms with E-state index in [9.17, 15) is 18.0 Å². The maximum Gasteiger partial charge on any atom is 0.269 e. The zero-order valence-electron chi connectivity index (χ0n) is 21.2. The molecule has 0 spiro atoms. The molecule has 11 nitrogen and oxygen atoms in total. The molecule has 1 fully saturated rings. The Labute approximate surface area is 214 Å². The topological polar surface area (TPSA) is 144 Å². The molecule has 2 N–H and O–H groups in total. The lowest BCUT2D eigenvalue weighted by molar-refractivity contribution is 0.0981. The highest BCUT2D eigenvalue weighted by Gasteiger charge is 2.39.